The van der Waals surface area contributed by atoms with Gasteiger partial charge >= 0.3 is 0 Å². The van der Waals surface area contributed by atoms with Crippen LogP contribution in [0.15, 0.2) is 24.3 Å². The van der Waals surface area contributed by atoms with Crippen LogP contribution in [0.4, 0.5) is 4.39 Å². The average molecular weight is 273 g/mol. The molecule has 4 heteroatoms. The van der Waals surface area contributed by atoms with Crippen LogP contribution in [-0.2, 0) is 0 Å². The summed E-state index contributed by atoms with van der Waals surface area (Å²) >= 11 is 0. The minimum Gasteiger partial charge on any atom is -0.330 e. The maximum Gasteiger partial charge on any atom is 0.123 e. The Labute approximate surface area is 115 Å². The van der Waals surface area contributed by atoms with Crippen molar-refractivity contribution >= 4 is 12.4 Å². The Morgan fingerprint density at radius 1 is 1.39 bits per heavy atom. The van der Waals surface area contributed by atoms with E-state index in [0.717, 1.165) is 13.1 Å². The molecule has 0 saturated carbocycles. The molecule has 1 fully saturated rings. The quantitative estimate of drug-likeness (QED) is 0.917. The number of likely N-dealkylation sites (tertiary alicyclic amines) is 1. The van der Waals surface area contributed by atoms with Crippen molar-refractivity contribution in [1.82, 2.24) is 4.90 Å². The summed E-state index contributed by atoms with van der Waals surface area (Å²) in [5.41, 5.74) is 6.92. The van der Waals surface area contributed by atoms with Gasteiger partial charge in [-0.1, -0.05) is 12.1 Å². The number of halogens is 2. The molecule has 0 bridgehead atoms. The van der Waals surface area contributed by atoms with E-state index < -0.39 is 0 Å². The van der Waals surface area contributed by atoms with Crippen LogP contribution in [0.2, 0.25) is 0 Å². The van der Waals surface area contributed by atoms with E-state index in [2.05, 4.69) is 18.7 Å². The summed E-state index contributed by atoms with van der Waals surface area (Å²) in [5, 5.41) is 0. The number of nitrogens with zero attached hydrogens (tertiary/aromatic N) is 1. The van der Waals surface area contributed by atoms with Gasteiger partial charge < -0.3 is 5.73 Å². The maximum atomic E-state index is 12.9. The van der Waals surface area contributed by atoms with Crippen LogP contribution in [0, 0.1) is 11.7 Å². The lowest BCUT2D eigenvalue weighted by atomic mass is 10.1. The normalized spacial score (nSPS) is 25.8. The molecule has 0 aromatic heterocycles. The highest BCUT2D eigenvalue weighted by molar-refractivity contribution is 5.85. The topological polar surface area (TPSA) is 29.3 Å². The number of hydrogen-bond acceptors (Lipinski definition) is 2. The molecule has 3 unspecified atom stereocenters. The number of rotatable bonds is 3. The molecule has 18 heavy (non-hydrogen) atoms. The molecule has 2 N–H and O–H groups in total. The summed E-state index contributed by atoms with van der Waals surface area (Å²) in [6, 6.07) is 7.72. The van der Waals surface area contributed by atoms with Gasteiger partial charge in [0.25, 0.3) is 0 Å². The fraction of sp³-hybridized carbons (Fsp3) is 0.571. The van der Waals surface area contributed by atoms with E-state index in [4.69, 9.17) is 5.73 Å². The minimum atomic E-state index is -0.171. The lowest BCUT2D eigenvalue weighted by molar-refractivity contribution is 0.200. The molecule has 1 aliphatic rings. The van der Waals surface area contributed by atoms with Crippen LogP contribution in [0.25, 0.3) is 0 Å². The molecular weight excluding hydrogens is 251 g/mol. The minimum absolute atomic E-state index is 0. The van der Waals surface area contributed by atoms with Crippen molar-refractivity contribution in [2.24, 2.45) is 11.7 Å². The molecule has 2 rings (SSSR count). The summed E-state index contributed by atoms with van der Waals surface area (Å²) in [6.45, 7) is 6.24. The summed E-state index contributed by atoms with van der Waals surface area (Å²) in [7, 11) is 0. The molecule has 1 heterocycles. The SMILES string of the molecule is CC1CC(CN)CN1C(C)c1ccc(F)cc1.Cl. The van der Waals surface area contributed by atoms with E-state index in [1.165, 1.54) is 24.1 Å². The molecule has 0 amide bonds. The fourth-order valence-corrected chi connectivity index (χ4v) is 2.81. The molecule has 3 atom stereocenters. The first kappa shape index (κ1) is 15.4. The van der Waals surface area contributed by atoms with E-state index in [1.54, 1.807) is 0 Å². The van der Waals surface area contributed by atoms with Gasteiger partial charge in [0.15, 0.2) is 0 Å². The van der Waals surface area contributed by atoms with Gasteiger partial charge in [-0.25, -0.2) is 4.39 Å². The van der Waals surface area contributed by atoms with Crippen LogP contribution >= 0.6 is 12.4 Å². The van der Waals surface area contributed by atoms with E-state index >= 15 is 0 Å². The largest absolute Gasteiger partial charge is 0.330 e. The first-order valence-corrected chi connectivity index (χ1v) is 6.33. The number of hydrogen-bond donors (Lipinski definition) is 1. The van der Waals surface area contributed by atoms with Gasteiger partial charge in [-0.05, 0) is 50.4 Å². The van der Waals surface area contributed by atoms with Crippen molar-refractivity contribution in [3.63, 3.8) is 0 Å². The van der Waals surface area contributed by atoms with E-state index in [-0.39, 0.29) is 18.2 Å². The Kier molecular flexibility index (Phi) is 5.57. The summed E-state index contributed by atoms with van der Waals surface area (Å²) in [6.07, 6.45) is 1.17. The maximum absolute atomic E-state index is 12.9. The highest BCUT2D eigenvalue weighted by Gasteiger charge is 2.31. The zero-order valence-corrected chi connectivity index (χ0v) is 11.8. The van der Waals surface area contributed by atoms with Gasteiger partial charge in [0.05, 0.1) is 0 Å². The summed E-state index contributed by atoms with van der Waals surface area (Å²) in [4.78, 5) is 2.46. The molecular formula is C14H22ClFN2. The highest BCUT2D eigenvalue weighted by atomic mass is 35.5. The van der Waals surface area contributed by atoms with Crippen molar-refractivity contribution in [1.29, 1.82) is 0 Å². The molecule has 0 aliphatic carbocycles. The monoisotopic (exact) mass is 272 g/mol. The summed E-state index contributed by atoms with van der Waals surface area (Å²) in [5.74, 6) is 0.433. The second kappa shape index (κ2) is 6.50. The van der Waals surface area contributed by atoms with Gasteiger partial charge in [0.2, 0.25) is 0 Å². The van der Waals surface area contributed by atoms with Crippen molar-refractivity contribution in [3.8, 4) is 0 Å². The molecule has 0 radical (unpaired) electrons. The zero-order valence-electron chi connectivity index (χ0n) is 11.0. The highest BCUT2D eigenvalue weighted by Crippen LogP contribution is 2.31. The Hall–Kier alpha value is -0.640. The van der Waals surface area contributed by atoms with E-state index in [9.17, 15) is 4.39 Å². The second-order valence-electron chi connectivity index (χ2n) is 5.11. The molecule has 1 saturated heterocycles. The molecule has 2 nitrogen and oxygen atoms in total. The van der Waals surface area contributed by atoms with Crippen LogP contribution in [0.1, 0.15) is 31.9 Å². The van der Waals surface area contributed by atoms with Crippen molar-refractivity contribution in [2.75, 3.05) is 13.1 Å². The third-order valence-electron chi connectivity index (χ3n) is 3.89. The standard InChI is InChI=1S/C14H21FN2.ClH/c1-10-7-12(8-16)9-17(10)11(2)13-3-5-14(15)6-4-13;/h3-6,10-12H,7-9,16H2,1-2H3;1H. The molecule has 1 aliphatic heterocycles. The Balaban J connectivity index is 0.00000162. The smallest absolute Gasteiger partial charge is 0.123 e. The van der Waals surface area contributed by atoms with Crippen LogP contribution in [0.3, 0.4) is 0 Å². The van der Waals surface area contributed by atoms with Crippen LogP contribution < -0.4 is 5.73 Å². The first-order chi connectivity index (χ1) is 8.11. The van der Waals surface area contributed by atoms with Crippen LogP contribution in [0.5, 0.6) is 0 Å². The van der Waals surface area contributed by atoms with Crippen LogP contribution in [-0.4, -0.2) is 24.0 Å². The average Bonchev–Trinajstić information content (AvgIpc) is 2.71. The third kappa shape index (κ3) is 3.22. The van der Waals surface area contributed by atoms with E-state index in [0.29, 0.717) is 18.0 Å². The molecule has 102 valence electrons. The van der Waals surface area contributed by atoms with E-state index in [1.807, 2.05) is 12.1 Å². The van der Waals surface area contributed by atoms with Gasteiger partial charge in [-0.3, -0.25) is 4.90 Å². The Bertz CT molecular complexity index is 369. The zero-order chi connectivity index (χ0) is 12.4. The van der Waals surface area contributed by atoms with Gasteiger partial charge in [0, 0.05) is 18.6 Å². The van der Waals surface area contributed by atoms with Crippen molar-refractivity contribution in [2.45, 2.75) is 32.4 Å². The predicted octanol–water partition coefficient (Wildman–Crippen LogP) is 2.98. The lowest BCUT2D eigenvalue weighted by Crippen LogP contribution is -2.30. The molecule has 1 aromatic rings. The first-order valence-electron chi connectivity index (χ1n) is 6.33. The third-order valence-corrected chi connectivity index (χ3v) is 3.89. The number of benzene rings is 1. The fourth-order valence-electron chi connectivity index (χ4n) is 2.81. The second-order valence-corrected chi connectivity index (χ2v) is 5.11. The molecule has 1 aromatic carbocycles. The van der Waals surface area contributed by atoms with Gasteiger partial charge in [-0.2, -0.15) is 0 Å². The summed E-state index contributed by atoms with van der Waals surface area (Å²) < 4.78 is 12.9. The Morgan fingerprint density at radius 3 is 2.50 bits per heavy atom. The number of nitrogens with two attached hydrogens (primary N) is 1. The van der Waals surface area contributed by atoms with Gasteiger partial charge in [0.1, 0.15) is 5.82 Å². The lowest BCUT2D eigenvalue weighted by Gasteiger charge is -2.29. The van der Waals surface area contributed by atoms with Gasteiger partial charge in [-0.15, -0.1) is 12.4 Å². The van der Waals surface area contributed by atoms with Crippen molar-refractivity contribution in [3.05, 3.63) is 35.6 Å². The predicted molar refractivity (Wildman–Crippen MR) is 75.4 cm³/mol. The Morgan fingerprint density at radius 2 is 2.00 bits per heavy atom. The molecule has 0 spiro atoms. The van der Waals surface area contributed by atoms with Crippen molar-refractivity contribution < 1.29 is 4.39 Å².